The topological polar surface area (TPSA) is 89.3 Å². The summed E-state index contributed by atoms with van der Waals surface area (Å²) in [4.78, 5) is 0.915. The van der Waals surface area contributed by atoms with Gasteiger partial charge in [0.25, 0.3) is 0 Å². The number of rotatable bonds is 4. The van der Waals surface area contributed by atoms with Gasteiger partial charge in [-0.15, -0.1) is 11.3 Å². The minimum atomic E-state index is -3.77. The van der Waals surface area contributed by atoms with E-state index in [4.69, 9.17) is 0 Å². The van der Waals surface area contributed by atoms with Crippen LogP contribution in [0.3, 0.4) is 0 Å². The van der Waals surface area contributed by atoms with E-state index >= 15 is 0 Å². The summed E-state index contributed by atoms with van der Waals surface area (Å²) in [6.45, 7) is 0.137. The third-order valence-corrected chi connectivity index (χ3v) is 9.96. The predicted octanol–water partition coefficient (Wildman–Crippen LogP) is 2.48. The average molecular weight is 438 g/mol. The lowest BCUT2D eigenvalue weighted by molar-refractivity contribution is 0.428. The van der Waals surface area contributed by atoms with Gasteiger partial charge in [0, 0.05) is 30.4 Å². The van der Waals surface area contributed by atoms with Gasteiger partial charge in [0.2, 0.25) is 10.0 Å². The maximum absolute atomic E-state index is 13.1. The number of aromatic nitrogens is 2. The smallest absolute Gasteiger partial charge is 0.241 e. The molecule has 3 heterocycles. The third kappa shape index (κ3) is 3.64. The van der Waals surface area contributed by atoms with Crippen molar-refractivity contribution in [1.29, 1.82) is 0 Å². The first-order chi connectivity index (χ1) is 13.4. The van der Waals surface area contributed by atoms with E-state index in [-0.39, 0.29) is 30.2 Å². The van der Waals surface area contributed by atoms with E-state index < -0.39 is 25.1 Å². The van der Waals surface area contributed by atoms with Crippen LogP contribution in [-0.2, 0) is 19.9 Å². The van der Waals surface area contributed by atoms with Crippen molar-refractivity contribution in [3.63, 3.8) is 0 Å². The Hall–Kier alpha value is -2.01. The Morgan fingerprint density at radius 2 is 1.86 bits per heavy atom. The summed E-state index contributed by atoms with van der Waals surface area (Å²) in [5.41, 5.74) is 0.750. The van der Waals surface area contributed by atoms with Crippen molar-refractivity contribution in [3.8, 4) is 5.69 Å². The van der Waals surface area contributed by atoms with Gasteiger partial charge in [-0.3, -0.25) is 0 Å². The quantitative estimate of drug-likeness (QED) is 0.626. The molecule has 10 heteroatoms. The van der Waals surface area contributed by atoms with E-state index in [9.17, 15) is 16.8 Å². The van der Waals surface area contributed by atoms with Crippen LogP contribution in [0.4, 0.5) is 0 Å². The average Bonchev–Trinajstić information content (AvgIpc) is 3.36. The maximum atomic E-state index is 13.1. The van der Waals surface area contributed by atoms with Gasteiger partial charge in [-0.1, -0.05) is 6.07 Å². The largest absolute Gasteiger partial charge is 0.243 e. The first-order valence-electron chi connectivity index (χ1n) is 8.73. The van der Waals surface area contributed by atoms with E-state index in [1.807, 2.05) is 11.4 Å². The van der Waals surface area contributed by atoms with Gasteiger partial charge >= 0.3 is 0 Å². The number of benzene rings is 1. The first-order valence-corrected chi connectivity index (χ1v) is 12.8. The molecule has 1 atom stereocenters. The van der Waals surface area contributed by atoms with Crippen LogP contribution >= 0.6 is 11.3 Å². The molecule has 2 aromatic heterocycles. The zero-order chi connectivity index (χ0) is 19.8. The lowest BCUT2D eigenvalue weighted by Gasteiger charge is -2.19. The molecule has 0 N–H and O–H groups in total. The second-order valence-corrected chi connectivity index (χ2v) is 11.7. The number of sulfone groups is 1. The Morgan fingerprint density at radius 3 is 2.50 bits per heavy atom. The molecule has 28 heavy (non-hydrogen) atoms. The molecule has 1 aliphatic heterocycles. The predicted molar refractivity (Wildman–Crippen MR) is 108 cm³/mol. The maximum Gasteiger partial charge on any atom is 0.243 e. The normalized spacial score (nSPS) is 20.6. The summed E-state index contributed by atoms with van der Waals surface area (Å²) < 4.78 is 54.3. The molecule has 0 saturated carbocycles. The Bertz CT molecular complexity index is 1140. The molecule has 1 saturated heterocycles. The van der Waals surface area contributed by atoms with E-state index in [0.717, 1.165) is 10.6 Å². The fraction of sp³-hybridized carbons (Fsp3) is 0.278. The molecule has 4 rings (SSSR count). The molecule has 1 aromatic carbocycles. The summed E-state index contributed by atoms with van der Waals surface area (Å²) in [5, 5.41) is 5.32. The minimum Gasteiger partial charge on any atom is -0.241 e. The molecule has 1 aliphatic rings. The van der Waals surface area contributed by atoms with Gasteiger partial charge < -0.3 is 0 Å². The molecule has 148 valence electrons. The summed E-state index contributed by atoms with van der Waals surface area (Å²) in [6, 6.07) is 11.8. The Labute approximate surface area is 168 Å². The highest BCUT2D eigenvalue weighted by atomic mass is 32.2. The van der Waals surface area contributed by atoms with Crippen LogP contribution in [0.5, 0.6) is 0 Å². The van der Waals surface area contributed by atoms with Gasteiger partial charge in [0.05, 0.1) is 21.6 Å². The third-order valence-electron chi connectivity index (χ3n) is 4.80. The highest BCUT2D eigenvalue weighted by Crippen LogP contribution is 2.33. The van der Waals surface area contributed by atoms with Crippen LogP contribution in [0.1, 0.15) is 16.5 Å². The zero-order valence-corrected chi connectivity index (χ0v) is 17.3. The summed E-state index contributed by atoms with van der Waals surface area (Å²) in [5.74, 6) is -0.180. The lowest BCUT2D eigenvalue weighted by Crippen LogP contribution is -2.33. The molecule has 0 bridgehead atoms. The number of nitrogens with zero attached hydrogens (tertiary/aromatic N) is 3. The minimum absolute atomic E-state index is 0.0343. The second kappa shape index (κ2) is 7.43. The SMILES string of the molecule is O=S1(=O)CCN(S(=O)(=O)c2ccc(-n3cccn3)cc2)CCC1c1cccs1. The van der Waals surface area contributed by atoms with Crippen LogP contribution < -0.4 is 0 Å². The van der Waals surface area contributed by atoms with Crippen LogP contribution in [-0.4, -0.2) is 49.8 Å². The molecule has 0 aliphatic carbocycles. The molecule has 1 fully saturated rings. The fourth-order valence-corrected chi connectivity index (χ4v) is 7.87. The Kier molecular flexibility index (Phi) is 5.13. The van der Waals surface area contributed by atoms with Gasteiger partial charge in [-0.2, -0.15) is 9.40 Å². The van der Waals surface area contributed by atoms with Gasteiger partial charge in [0.1, 0.15) is 0 Å². The number of hydrogen-bond donors (Lipinski definition) is 0. The van der Waals surface area contributed by atoms with Crippen molar-refractivity contribution in [2.75, 3.05) is 18.8 Å². The number of hydrogen-bond acceptors (Lipinski definition) is 6. The molecule has 3 aromatic rings. The summed E-state index contributed by atoms with van der Waals surface area (Å²) in [6.07, 6.45) is 3.67. The van der Waals surface area contributed by atoms with Crippen molar-refractivity contribution < 1.29 is 16.8 Å². The van der Waals surface area contributed by atoms with Crippen LogP contribution in [0.15, 0.2) is 65.1 Å². The van der Waals surface area contributed by atoms with E-state index in [1.165, 1.54) is 27.8 Å². The fourth-order valence-electron chi connectivity index (χ4n) is 3.30. The van der Waals surface area contributed by atoms with Crippen LogP contribution in [0, 0.1) is 0 Å². The monoisotopic (exact) mass is 437 g/mol. The van der Waals surface area contributed by atoms with E-state index in [0.29, 0.717) is 0 Å². The van der Waals surface area contributed by atoms with Crippen molar-refractivity contribution in [3.05, 3.63) is 65.1 Å². The zero-order valence-electron chi connectivity index (χ0n) is 14.9. The van der Waals surface area contributed by atoms with Crippen molar-refractivity contribution in [1.82, 2.24) is 14.1 Å². The van der Waals surface area contributed by atoms with Crippen LogP contribution in [0.2, 0.25) is 0 Å². The van der Waals surface area contributed by atoms with Crippen molar-refractivity contribution in [2.24, 2.45) is 0 Å². The summed E-state index contributed by atoms with van der Waals surface area (Å²) >= 11 is 1.39. The molecular formula is C18H19N3O4S3. The standard InChI is InChI=1S/C18H19N3O4S3/c22-27(23)14-12-20(11-8-18(27)17-3-1-13-26-17)28(24,25)16-6-4-15(5-7-16)21-10-2-9-19-21/h1-7,9-10,13,18H,8,11-12,14H2. The second-order valence-electron chi connectivity index (χ2n) is 6.51. The van der Waals surface area contributed by atoms with Gasteiger partial charge in [-0.25, -0.2) is 21.5 Å². The molecule has 0 spiro atoms. The van der Waals surface area contributed by atoms with Crippen LogP contribution in [0.25, 0.3) is 5.69 Å². The lowest BCUT2D eigenvalue weighted by atomic mass is 10.2. The number of sulfonamides is 1. The molecule has 0 radical (unpaired) electrons. The Balaban J connectivity index is 1.58. The Morgan fingerprint density at radius 1 is 1.07 bits per heavy atom. The molecule has 7 nitrogen and oxygen atoms in total. The molecule has 1 unspecified atom stereocenters. The van der Waals surface area contributed by atoms with E-state index in [2.05, 4.69) is 5.10 Å². The van der Waals surface area contributed by atoms with Gasteiger partial charge in [0.15, 0.2) is 9.84 Å². The highest BCUT2D eigenvalue weighted by Gasteiger charge is 2.36. The highest BCUT2D eigenvalue weighted by molar-refractivity contribution is 7.92. The van der Waals surface area contributed by atoms with Crippen molar-refractivity contribution >= 4 is 31.2 Å². The summed E-state index contributed by atoms with van der Waals surface area (Å²) in [7, 11) is -7.17. The van der Waals surface area contributed by atoms with Gasteiger partial charge in [-0.05, 0) is 48.2 Å². The molecule has 0 amide bonds. The number of thiophene rings is 1. The van der Waals surface area contributed by atoms with Crippen molar-refractivity contribution in [2.45, 2.75) is 16.6 Å². The molecular weight excluding hydrogens is 418 g/mol. The van der Waals surface area contributed by atoms with E-state index in [1.54, 1.807) is 41.3 Å². The first kappa shape index (κ1) is 19.3.